The summed E-state index contributed by atoms with van der Waals surface area (Å²) in [7, 11) is 0. The highest BCUT2D eigenvalue weighted by atomic mass is 16.4. The van der Waals surface area contributed by atoms with E-state index in [0.29, 0.717) is 30.5 Å². The van der Waals surface area contributed by atoms with Crippen LogP contribution in [-0.4, -0.2) is 34.5 Å². The summed E-state index contributed by atoms with van der Waals surface area (Å²) in [5.41, 5.74) is 3.32. The number of nitrogens with zero attached hydrogens (tertiary/aromatic N) is 1. The quantitative estimate of drug-likeness (QED) is 0.642. The fraction of sp³-hybridized carbons (Fsp3) is 0.458. The smallest absolute Gasteiger partial charge is 0.339 e. The molecule has 0 radical (unpaired) electrons. The van der Waals surface area contributed by atoms with Crippen LogP contribution in [0.1, 0.15) is 54.6 Å². The summed E-state index contributed by atoms with van der Waals surface area (Å²) >= 11 is 0. The van der Waals surface area contributed by atoms with Gasteiger partial charge in [-0.25, -0.2) is 9.59 Å². The Kier molecular flexibility index (Phi) is 4.84. The molecule has 3 heterocycles. The van der Waals surface area contributed by atoms with Gasteiger partial charge in [-0.3, -0.25) is 4.79 Å². The number of carbonyl (C=O) groups excluding carboxylic acids is 1. The van der Waals surface area contributed by atoms with Gasteiger partial charge in [0.2, 0.25) is 5.91 Å². The molecule has 0 saturated carbocycles. The summed E-state index contributed by atoms with van der Waals surface area (Å²) < 4.78 is 11.6. The highest BCUT2D eigenvalue weighted by molar-refractivity contribution is 5.97. The largest absolute Gasteiger partial charge is 0.480 e. The average molecular weight is 423 g/mol. The molecule has 2 aliphatic rings. The molecule has 1 aromatic carbocycles. The number of carboxylic acid groups (broad SMARTS) is 1. The topological polar surface area (TPSA) is 101 Å². The second-order valence-corrected chi connectivity index (χ2v) is 8.63. The Morgan fingerprint density at radius 2 is 1.87 bits per heavy atom. The van der Waals surface area contributed by atoms with E-state index < -0.39 is 17.6 Å². The fourth-order valence-electron chi connectivity index (χ4n) is 5.13. The Morgan fingerprint density at radius 3 is 2.68 bits per heavy atom. The molecule has 3 aromatic rings. The van der Waals surface area contributed by atoms with Crippen LogP contribution >= 0.6 is 0 Å². The molecule has 2 aromatic heterocycles. The Labute approximate surface area is 178 Å². The minimum Gasteiger partial charge on any atom is -0.480 e. The van der Waals surface area contributed by atoms with Crippen LogP contribution in [0.25, 0.3) is 21.9 Å². The van der Waals surface area contributed by atoms with Gasteiger partial charge >= 0.3 is 11.6 Å². The number of fused-ring (bicyclic) bond motifs is 4. The molecule has 5 rings (SSSR count). The molecule has 31 heavy (non-hydrogen) atoms. The molecule has 0 spiro atoms. The number of carboxylic acids is 1. The molecule has 7 nitrogen and oxygen atoms in total. The molecule has 1 saturated heterocycles. The lowest BCUT2D eigenvalue weighted by atomic mass is 9.94. The molecule has 1 amide bonds. The maximum Gasteiger partial charge on any atom is 0.339 e. The molecular weight excluding hydrogens is 398 g/mol. The first kappa shape index (κ1) is 19.8. The lowest BCUT2D eigenvalue weighted by Crippen LogP contribution is -2.40. The third-order valence-corrected chi connectivity index (χ3v) is 6.81. The van der Waals surface area contributed by atoms with Crippen LogP contribution in [0.4, 0.5) is 0 Å². The van der Waals surface area contributed by atoms with Gasteiger partial charge in [-0.2, -0.15) is 0 Å². The molecule has 1 fully saturated rings. The number of hydrogen-bond donors (Lipinski definition) is 1. The van der Waals surface area contributed by atoms with Crippen molar-refractivity contribution in [1.29, 1.82) is 0 Å². The van der Waals surface area contributed by atoms with E-state index in [0.717, 1.165) is 53.4 Å². The number of aliphatic carboxylic acids is 1. The standard InChI is InChI=1S/C24H25NO6/c1-13-14(8-9-22(26)25-10-4-6-18(25)23(27)28)24(29)31-20-12-21-17(11-16(13)20)15-5-2-3-7-19(15)30-21/h11-12,18H,2-10H2,1H3,(H,27,28)/t18-/m0/s1. The molecule has 1 atom stereocenters. The van der Waals surface area contributed by atoms with Crippen molar-refractivity contribution >= 4 is 33.8 Å². The highest BCUT2D eigenvalue weighted by Crippen LogP contribution is 2.35. The zero-order chi connectivity index (χ0) is 21.7. The van der Waals surface area contributed by atoms with Gasteiger partial charge in [0.05, 0.1) is 0 Å². The van der Waals surface area contributed by atoms with Crippen molar-refractivity contribution in [2.45, 2.75) is 64.3 Å². The molecule has 162 valence electrons. The van der Waals surface area contributed by atoms with Crippen LogP contribution in [0.3, 0.4) is 0 Å². The van der Waals surface area contributed by atoms with Gasteiger partial charge in [0.15, 0.2) is 0 Å². The molecule has 1 aliphatic carbocycles. The summed E-state index contributed by atoms with van der Waals surface area (Å²) in [4.78, 5) is 38.1. The molecule has 0 unspecified atom stereocenters. The maximum absolute atomic E-state index is 12.7. The fourth-order valence-corrected chi connectivity index (χ4v) is 5.13. The molecule has 1 N–H and O–H groups in total. The zero-order valence-electron chi connectivity index (χ0n) is 17.5. The van der Waals surface area contributed by atoms with E-state index in [-0.39, 0.29) is 18.7 Å². The van der Waals surface area contributed by atoms with Crippen LogP contribution in [0, 0.1) is 6.92 Å². The van der Waals surface area contributed by atoms with Crippen molar-refractivity contribution in [2.24, 2.45) is 0 Å². The number of likely N-dealkylation sites (tertiary alicyclic amines) is 1. The summed E-state index contributed by atoms with van der Waals surface area (Å²) in [6.07, 6.45) is 5.67. The minimum atomic E-state index is -0.972. The van der Waals surface area contributed by atoms with Crippen LogP contribution in [0.15, 0.2) is 25.8 Å². The van der Waals surface area contributed by atoms with Gasteiger partial charge in [0.1, 0.15) is 23.0 Å². The molecule has 7 heteroatoms. The first-order valence-corrected chi connectivity index (χ1v) is 11.0. The van der Waals surface area contributed by atoms with Crippen LogP contribution in [0.2, 0.25) is 0 Å². The Hall–Kier alpha value is -3.09. The highest BCUT2D eigenvalue weighted by Gasteiger charge is 2.33. The lowest BCUT2D eigenvalue weighted by molar-refractivity contribution is -0.148. The van der Waals surface area contributed by atoms with Gasteiger partial charge in [-0.15, -0.1) is 0 Å². The number of hydrogen-bond acceptors (Lipinski definition) is 5. The van der Waals surface area contributed by atoms with E-state index >= 15 is 0 Å². The van der Waals surface area contributed by atoms with Crippen molar-refractivity contribution in [2.75, 3.05) is 6.54 Å². The predicted octanol–water partition coefficient (Wildman–Crippen LogP) is 3.73. The van der Waals surface area contributed by atoms with Crippen molar-refractivity contribution in [3.8, 4) is 0 Å². The molecule has 1 aliphatic heterocycles. The number of furan rings is 1. The van der Waals surface area contributed by atoms with Gasteiger partial charge in [-0.05, 0) is 57.1 Å². The number of aryl methyl sites for hydroxylation is 3. The first-order valence-electron chi connectivity index (χ1n) is 11.0. The number of rotatable bonds is 4. The number of benzene rings is 1. The summed E-state index contributed by atoms with van der Waals surface area (Å²) in [6, 6.07) is 3.08. The second kappa shape index (κ2) is 7.55. The van der Waals surface area contributed by atoms with E-state index in [1.807, 2.05) is 13.0 Å². The zero-order valence-corrected chi connectivity index (χ0v) is 17.5. The summed E-state index contributed by atoms with van der Waals surface area (Å²) in [5, 5.41) is 11.2. The van der Waals surface area contributed by atoms with Gasteiger partial charge in [0, 0.05) is 47.4 Å². The minimum absolute atomic E-state index is 0.0875. The molecular formula is C24H25NO6. The van der Waals surface area contributed by atoms with Gasteiger partial charge in [0.25, 0.3) is 0 Å². The second-order valence-electron chi connectivity index (χ2n) is 8.63. The summed E-state index contributed by atoms with van der Waals surface area (Å²) in [5.74, 6) is -0.177. The van der Waals surface area contributed by atoms with E-state index in [4.69, 9.17) is 8.83 Å². The van der Waals surface area contributed by atoms with E-state index in [1.165, 1.54) is 10.5 Å². The van der Waals surface area contributed by atoms with Crippen molar-refractivity contribution < 1.29 is 23.5 Å². The van der Waals surface area contributed by atoms with E-state index in [9.17, 15) is 19.5 Å². The Bertz CT molecular complexity index is 1270. The van der Waals surface area contributed by atoms with E-state index in [1.54, 1.807) is 6.07 Å². The monoisotopic (exact) mass is 423 g/mol. The van der Waals surface area contributed by atoms with Crippen LogP contribution < -0.4 is 5.63 Å². The van der Waals surface area contributed by atoms with Crippen molar-refractivity contribution in [3.05, 3.63) is 45.0 Å². The van der Waals surface area contributed by atoms with Gasteiger partial charge < -0.3 is 18.8 Å². The van der Waals surface area contributed by atoms with E-state index in [2.05, 4.69) is 0 Å². The summed E-state index contributed by atoms with van der Waals surface area (Å²) in [6.45, 7) is 2.33. The Morgan fingerprint density at radius 1 is 1.10 bits per heavy atom. The van der Waals surface area contributed by atoms with Gasteiger partial charge in [-0.1, -0.05) is 0 Å². The normalized spacial score (nSPS) is 18.6. The average Bonchev–Trinajstić information content (AvgIpc) is 3.37. The predicted molar refractivity (Wildman–Crippen MR) is 114 cm³/mol. The lowest BCUT2D eigenvalue weighted by Gasteiger charge is -2.21. The van der Waals surface area contributed by atoms with Crippen LogP contribution in [-0.2, 0) is 28.9 Å². The molecule has 0 bridgehead atoms. The number of amides is 1. The maximum atomic E-state index is 12.7. The third kappa shape index (κ3) is 3.32. The van der Waals surface area contributed by atoms with Crippen molar-refractivity contribution in [3.63, 3.8) is 0 Å². The Balaban J connectivity index is 1.47. The van der Waals surface area contributed by atoms with Crippen LogP contribution in [0.5, 0.6) is 0 Å². The first-order chi connectivity index (χ1) is 14.9. The number of carbonyl (C=O) groups is 2. The SMILES string of the molecule is Cc1c(CCC(=O)N2CCC[C@H]2C(=O)O)c(=O)oc2cc3oc4c(c3cc12)CCCC4. The van der Waals surface area contributed by atoms with Crippen molar-refractivity contribution in [1.82, 2.24) is 4.90 Å². The third-order valence-electron chi connectivity index (χ3n) is 6.81.